The lowest BCUT2D eigenvalue weighted by Gasteiger charge is -2.15. The zero-order chi connectivity index (χ0) is 15.4. The van der Waals surface area contributed by atoms with Crippen molar-refractivity contribution in [2.45, 2.75) is 17.9 Å². The molecular weight excluding hydrogens is 289 g/mol. The van der Waals surface area contributed by atoms with Gasteiger partial charge in [0.15, 0.2) is 0 Å². The standard InChI is InChI=1S/C16H16FNO2S/c1-11(14-5-3-4-6-15(14)17)18-16(19)12-7-9-13(10-8-12)21(2)20/h3-11H,1-2H3,(H,18,19). The first kappa shape index (κ1) is 15.4. The Morgan fingerprint density at radius 1 is 1.14 bits per heavy atom. The van der Waals surface area contributed by atoms with Gasteiger partial charge in [0.1, 0.15) is 5.82 Å². The SMILES string of the molecule is CC(NC(=O)c1ccc(S(C)=O)cc1)c1ccccc1F. The van der Waals surface area contributed by atoms with E-state index in [0.29, 0.717) is 16.0 Å². The van der Waals surface area contributed by atoms with Crippen LogP contribution < -0.4 is 5.32 Å². The summed E-state index contributed by atoms with van der Waals surface area (Å²) in [4.78, 5) is 12.8. The number of rotatable bonds is 4. The van der Waals surface area contributed by atoms with E-state index >= 15 is 0 Å². The average Bonchev–Trinajstić information content (AvgIpc) is 2.47. The number of halogens is 1. The minimum absolute atomic E-state index is 0.292. The number of hydrogen-bond donors (Lipinski definition) is 1. The molecule has 2 aromatic rings. The van der Waals surface area contributed by atoms with Crippen molar-refractivity contribution in [2.75, 3.05) is 6.26 Å². The Morgan fingerprint density at radius 3 is 2.33 bits per heavy atom. The molecule has 0 aliphatic heterocycles. The summed E-state index contributed by atoms with van der Waals surface area (Å²) >= 11 is 0. The van der Waals surface area contributed by atoms with Crippen molar-refractivity contribution in [1.29, 1.82) is 0 Å². The number of carbonyl (C=O) groups is 1. The minimum atomic E-state index is -1.08. The molecule has 0 aromatic heterocycles. The largest absolute Gasteiger partial charge is 0.345 e. The molecule has 2 unspecified atom stereocenters. The van der Waals surface area contributed by atoms with Crippen LogP contribution in [0.1, 0.15) is 28.9 Å². The molecule has 2 aromatic carbocycles. The van der Waals surface area contributed by atoms with Gasteiger partial charge in [-0.3, -0.25) is 9.00 Å². The summed E-state index contributed by atoms with van der Waals surface area (Å²) in [7, 11) is -1.08. The molecule has 1 amide bonds. The van der Waals surface area contributed by atoms with Gasteiger partial charge in [-0.25, -0.2) is 4.39 Å². The van der Waals surface area contributed by atoms with E-state index in [9.17, 15) is 13.4 Å². The molecule has 1 N–H and O–H groups in total. The summed E-state index contributed by atoms with van der Waals surface area (Å²) < 4.78 is 24.9. The van der Waals surface area contributed by atoms with Crippen molar-refractivity contribution < 1.29 is 13.4 Å². The van der Waals surface area contributed by atoms with E-state index < -0.39 is 16.8 Å². The molecule has 0 aliphatic carbocycles. The molecule has 0 radical (unpaired) electrons. The van der Waals surface area contributed by atoms with Crippen LogP contribution in [-0.2, 0) is 10.8 Å². The third kappa shape index (κ3) is 3.76. The van der Waals surface area contributed by atoms with Gasteiger partial charge >= 0.3 is 0 Å². The van der Waals surface area contributed by atoms with Crippen LogP contribution in [0.3, 0.4) is 0 Å². The molecule has 0 fully saturated rings. The Hall–Kier alpha value is -2.01. The van der Waals surface area contributed by atoms with E-state index in [4.69, 9.17) is 0 Å². The van der Waals surface area contributed by atoms with Gasteiger partial charge in [0.2, 0.25) is 0 Å². The Morgan fingerprint density at radius 2 is 1.76 bits per heavy atom. The first-order valence-electron chi connectivity index (χ1n) is 6.48. The Kier molecular flexibility index (Phi) is 4.85. The molecule has 21 heavy (non-hydrogen) atoms. The minimum Gasteiger partial charge on any atom is -0.345 e. The molecule has 0 spiro atoms. The van der Waals surface area contributed by atoms with Gasteiger partial charge < -0.3 is 5.32 Å². The molecule has 2 rings (SSSR count). The van der Waals surface area contributed by atoms with Crippen LogP contribution in [0.2, 0.25) is 0 Å². The molecular formula is C16H16FNO2S. The van der Waals surface area contributed by atoms with E-state index in [0.717, 1.165) is 0 Å². The highest BCUT2D eigenvalue weighted by Crippen LogP contribution is 2.17. The van der Waals surface area contributed by atoms with Crippen molar-refractivity contribution in [2.24, 2.45) is 0 Å². The topological polar surface area (TPSA) is 46.2 Å². The number of amides is 1. The second kappa shape index (κ2) is 6.63. The number of hydrogen-bond acceptors (Lipinski definition) is 2. The van der Waals surface area contributed by atoms with Crippen LogP contribution in [0, 0.1) is 5.82 Å². The normalized spacial score (nSPS) is 13.5. The Balaban J connectivity index is 2.11. The fourth-order valence-electron chi connectivity index (χ4n) is 1.98. The van der Waals surface area contributed by atoms with E-state index in [2.05, 4.69) is 5.32 Å². The fraction of sp³-hybridized carbons (Fsp3) is 0.188. The van der Waals surface area contributed by atoms with Crippen LogP contribution >= 0.6 is 0 Å². The monoisotopic (exact) mass is 305 g/mol. The smallest absolute Gasteiger partial charge is 0.251 e. The van der Waals surface area contributed by atoms with Crippen LogP contribution in [0.5, 0.6) is 0 Å². The van der Waals surface area contributed by atoms with Crippen molar-refractivity contribution in [1.82, 2.24) is 5.32 Å². The van der Waals surface area contributed by atoms with Crippen molar-refractivity contribution in [3.63, 3.8) is 0 Å². The maximum atomic E-state index is 13.6. The molecule has 5 heteroatoms. The zero-order valence-corrected chi connectivity index (χ0v) is 12.6. The van der Waals surface area contributed by atoms with E-state index in [1.54, 1.807) is 55.6 Å². The van der Waals surface area contributed by atoms with Crippen LogP contribution in [-0.4, -0.2) is 16.4 Å². The van der Waals surface area contributed by atoms with Crippen LogP contribution in [0.25, 0.3) is 0 Å². The second-order valence-electron chi connectivity index (χ2n) is 4.70. The lowest BCUT2D eigenvalue weighted by molar-refractivity contribution is 0.0939. The van der Waals surface area contributed by atoms with Crippen molar-refractivity contribution >= 4 is 16.7 Å². The lowest BCUT2D eigenvalue weighted by Crippen LogP contribution is -2.27. The number of nitrogens with one attached hydrogen (secondary N) is 1. The fourth-order valence-corrected chi connectivity index (χ4v) is 2.50. The van der Waals surface area contributed by atoms with Crippen LogP contribution in [0.15, 0.2) is 53.4 Å². The predicted octanol–water partition coefficient (Wildman–Crippen LogP) is 3.05. The second-order valence-corrected chi connectivity index (χ2v) is 6.07. The molecule has 2 atom stereocenters. The predicted molar refractivity (Wildman–Crippen MR) is 81.1 cm³/mol. The molecule has 3 nitrogen and oxygen atoms in total. The molecule has 110 valence electrons. The Labute approximate surface area is 125 Å². The van der Waals surface area contributed by atoms with Crippen molar-refractivity contribution in [3.8, 4) is 0 Å². The number of carbonyl (C=O) groups excluding carboxylic acids is 1. The molecule has 0 heterocycles. The quantitative estimate of drug-likeness (QED) is 0.943. The molecule has 0 aliphatic rings. The van der Waals surface area contributed by atoms with Gasteiger partial charge in [-0.1, -0.05) is 18.2 Å². The van der Waals surface area contributed by atoms with Gasteiger partial charge in [0.05, 0.1) is 6.04 Å². The first-order valence-corrected chi connectivity index (χ1v) is 8.03. The van der Waals surface area contributed by atoms with Gasteiger partial charge in [0, 0.05) is 33.1 Å². The van der Waals surface area contributed by atoms with Gasteiger partial charge in [-0.05, 0) is 37.3 Å². The summed E-state index contributed by atoms with van der Waals surface area (Å²) in [6.07, 6.45) is 1.58. The molecule has 0 saturated heterocycles. The number of benzene rings is 2. The summed E-state index contributed by atoms with van der Waals surface area (Å²) in [6.45, 7) is 1.73. The summed E-state index contributed by atoms with van der Waals surface area (Å²) in [5, 5.41) is 2.75. The summed E-state index contributed by atoms with van der Waals surface area (Å²) in [5.41, 5.74) is 0.893. The first-order chi connectivity index (χ1) is 9.99. The highest BCUT2D eigenvalue weighted by atomic mass is 32.2. The van der Waals surface area contributed by atoms with Gasteiger partial charge in [-0.15, -0.1) is 0 Å². The molecule has 0 bridgehead atoms. The third-order valence-corrected chi connectivity index (χ3v) is 4.10. The zero-order valence-electron chi connectivity index (χ0n) is 11.8. The maximum absolute atomic E-state index is 13.6. The summed E-state index contributed by atoms with van der Waals surface area (Å²) in [5.74, 6) is -0.638. The third-order valence-electron chi connectivity index (χ3n) is 3.17. The van der Waals surface area contributed by atoms with E-state index in [-0.39, 0.29) is 11.7 Å². The van der Waals surface area contributed by atoms with E-state index in [1.807, 2.05) is 0 Å². The van der Waals surface area contributed by atoms with Gasteiger partial charge in [-0.2, -0.15) is 0 Å². The Bertz CT molecular complexity index is 670. The lowest BCUT2D eigenvalue weighted by atomic mass is 10.1. The van der Waals surface area contributed by atoms with Gasteiger partial charge in [0.25, 0.3) is 5.91 Å². The molecule has 0 saturated carbocycles. The van der Waals surface area contributed by atoms with E-state index in [1.165, 1.54) is 6.07 Å². The highest BCUT2D eigenvalue weighted by Gasteiger charge is 2.14. The van der Waals surface area contributed by atoms with Crippen molar-refractivity contribution in [3.05, 3.63) is 65.5 Å². The highest BCUT2D eigenvalue weighted by molar-refractivity contribution is 7.84. The van der Waals surface area contributed by atoms with Crippen LogP contribution in [0.4, 0.5) is 4.39 Å². The summed E-state index contributed by atoms with van der Waals surface area (Å²) in [6, 6.07) is 12.4. The average molecular weight is 305 g/mol. The maximum Gasteiger partial charge on any atom is 0.251 e.